The fourth-order valence-electron chi connectivity index (χ4n) is 2.95. The van der Waals surface area contributed by atoms with Gasteiger partial charge in [-0.15, -0.1) is 0 Å². The molecule has 1 aliphatic rings. The first-order chi connectivity index (χ1) is 11.5. The van der Waals surface area contributed by atoms with Gasteiger partial charge in [-0.25, -0.2) is 0 Å². The first-order valence-electron chi connectivity index (χ1n) is 8.15. The van der Waals surface area contributed by atoms with E-state index in [2.05, 4.69) is 22.3 Å². The van der Waals surface area contributed by atoms with Crippen molar-refractivity contribution in [2.75, 3.05) is 7.11 Å². The van der Waals surface area contributed by atoms with Crippen molar-refractivity contribution < 1.29 is 18.3 Å². The van der Waals surface area contributed by atoms with Crippen LogP contribution >= 0.6 is 12.2 Å². The fraction of sp³-hybridized carbons (Fsp3) is 0.588. The highest BCUT2D eigenvalue weighted by molar-refractivity contribution is 7.80. The lowest BCUT2D eigenvalue weighted by Crippen LogP contribution is -2.45. The summed E-state index contributed by atoms with van der Waals surface area (Å²) in [4.78, 5) is 0. The smallest absolute Gasteiger partial charge is 0.387 e. The summed E-state index contributed by atoms with van der Waals surface area (Å²) in [6.07, 6.45) is 4.87. The monoisotopic (exact) mass is 358 g/mol. The third-order valence-corrected chi connectivity index (χ3v) is 4.59. The van der Waals surface area contributed by atoms with Crippen LogP contribution in [0.2, 0.25) is 0 Å². The average molecular weight is 358 g/mol. The van der Waals surface area contributed by atoms with Gasteiger partial charge in [0.25, 0.3) is 0 Å². The van der Waals surface area contributed by atoms with Crippen molar-refractivity contribution in [3.8, 4) is 11.5 Å². The van der Waals surface area contributed by atoms with Crippen molar-refractivity contribution in [3.05, 3.63) is 23.8 Å². The Morgan fingerprint density at radius 3 is 2.71 bits per heavy atom. The zero-order valence-electron chi connectivity index (χ0n) is 14.0. The summed E-state index contributed by atoms with van der Waals surface area (Å²) in [5.74, 6) is 0.909. The molecule has 0 saturated heterocycles. The first kappa shape index (κ1) is 18.7. The Balaban J connectivity index is 1.87. The summed E-state index contributed by atoms with van der Waals surface area (Å²) < 4.78 is 34.2. The van der Waals surface area contributed by atoms with Gasteiger partial charge in [0.2, 0.25) is 0 Å². The number of hydrogen-bond donors (Lipinski definition) is 2. The van der Waals surface area contributed by atoms with Crippen molar-refractivity contribution in [2.24, 2.45) is 5.92 Å². The first-order valence-corrected chi connectivity index (χ1v) is 8.56. The Morgan fingerprint density at radius 1 is 1.29 bits per heavy atom. The number of thiocarbonyl (C=S) groups is 1. The molecular weight excluding hydrogens is 334 g/mol. The molecule has 4 nitrogen and oxygen atoms in total. The molecule has 1 aromatic rings. The van der Waals surface area contributed by atoms with Crippen LogP contribution < -0.4 is 20.1 Å². The maximum Gasteiger partial charge on any atom is 0.387 e. The van der Waals surface area contributed by atoms with Crippen molar-refractivity contribution in [1.82, 2.24) is 10.6 Å². The van der Waals surface area contributed by atoms with Crippen LogP contribution in [0, 0.1) is 5.92 Å². The predicted molar refractivity (Wildman–Crippen MR) is 93.6 cm³/mol. The van der Waals surface area contributed by atoms with Gasteiger partial charge >= 0.3 is 6.61 Å². The summed E-state index contributed by atoms with van der Waals surface area (Å²) in [6, 6.07) is 5.26. The predicted octanol–water partition coefficient (Wildman–Crippen LogP) is 3.84. The van der Waals surface area contributed by atoms with Gasteiger partial charge < -0.3 is 20.1 Å². The lowest BCUT2D eigenvalue weighted by atomic mass is 9.86. The number of hydrogen-bond acceptors (Lipinski definition) is 3. The van der Waals surface area contributed by atoms with Crippen LogP contribution in [-0.2, 0) is 6.54 Å². The van der Waals surface area contributed by atoms with E-state index in [1.807, 2.05) is 0 Å². The van der Waals surface area contributed by atoms with Crippen LogP contribution in [0.1, 0.15) is 38.2 Å². The fourth-order valence-corrected chi connectivity index (χ4v) is 3.17. The highest BCUT2D eigenvalue weighted by atomic mass is 32.1. The summed E-state index contributed by atoms with van der Waals surface area (Å²) in [6.45, 7) is -0.151. The van der Waals surface area contributed by atoms with Crippen molar-refractivity contribution >= 4 is 17.3 Å². The Hall–Kier alpha value is -1.63. The van der Waals surface area contributed by atoms with Gasteiger partial charge in [-0.2, -0.15) is 8.78 Å². The van der Waals surface area contributed by atoms with E-state index in [9.17, 15) is 8.78 Å². The molecule has 1 fully saturated rings. The third kappa shape index (κ3) is 5.47. The number of benzene rings is 1. The second-order valence-electron chi connectivity index (χ2n) is 6.06. The van der Waals surface area contributed by atoms with Gasteiger partial charge in [0.15, 0.2) is 16.6 Å². The molecule has 24 heavy (non-hydrogen) atoms. The molecule has 134 valence electrons. The van der Waals surface area contributed by atoms with Crippen LogP contribution in [0.4, 0.5) is 8.78 Å². The van der Waals surface area contributed by atoms with Crippen LogP contribution in [-0.4, -0.2) is 24.9 Å². The molecule has 1 saturated carbocycles. The molecular formula is C17H24F2N2O2S. The molecule has 0 unspecified atom stereocenters. The molecule has 2 atom stereocenters. The Morgan fingerprint density at radius 2 is 2.04 bits per heavy atom. The summed E-state index contributed by atoms with van der Waals surface area (Å²) >= 11 is 5.35. The number of ether oxygens (including phenoxy) is 2. The summed E-state index contributed by atoms with van der Waals surface area (Å²) in [7, 11) is 1.42. The molecule has 1 aromatic carbocycles. The zero-order chi connectivity index (χ0) is 17.5. The van der Waals surface area contributed by atoms with Crippen LogP contribution in [0.5, 0.6) is 11.5 Å². The average Bonchev–Trinajstić information content (AvgIpc) is 2.55. The molecule has 2 N–H and O–H groups in total. The molecule has 0 spiro atoms. The summed E-state index contributed by atoms with van der Waals surface area (Å²) in [5.41, 5.74) is 0.870. The van der Waals surface area contributed by atoms with Crippen LogP contribution in [0.25, 0.3) is 0 Å². The van der Waals surface area contributed by atoms with E-state index in [1.54, 1.807) is 12.1 Å². The molecule has 0 amide bonds. The lowest BCUT2D eigenvalue weighted by Gasteiger charge is -2.30. The lowest BCUT2D eigenvalue weighted by molar-refractivity contribution is -0.0512. The highest BCUT2D eigenvalue weighted by Gasteiger charge is 2.21. The Bertz CT molecular complexity index is 557. The van der Waals surface area contributed by atoms with Gasteiger partial charge in [-0.05, 0) is 48.7 Å². The molecule has 0 heterocycles. The van der Waals surface area contributed by atoms with E-state index in [0.29, 0.717) is 23.6 Å². The largest absolute Gasteiger partial charge is 0.493 e. The molecule has 0 bridgehead atoms. The van der Waals surface area contributed by atoms with Gasteiger partial charge in [0, 0.05) is 12.6 Å². The quantitative estimate of drug-likeness (QED) is 0.757. The van der Waals surface area contributed by atoms with Crippen molar-refractivity contribution in [3.63, 3.8) is 0 Å². The topological polar surface area (TPSA) is 42.5 Å². The third-order valence-electron chi connectivity index (χ3n) is 4.33. The maximum atomic E-state index is 12.3. The highest BCUT2D eigenvalue weighted by Crippen LogP contribution is 2.29. The van der Waals surface area contributed by atoms with E-state index in [0.717, 1.165) is 12.0 Å². The maximum absolute atomic E-state index is 12.3. The van der Waals surface area contributed by atoms with E-state index in [-0.39, 0.29) is 11.5 Å². The molecule has 1 aliphatic carbocycles. The Kier molecular flexibility index (Phi) is 7.02. The normalized spacial score (nSPS) is 20.5. The van der Waals surface area contributed by atoms with E-state index >= 15 is 0 Å². The molecule has 0 aromatic heterocycles. The van der Waals surface area contributed by atoms with Crippen molar-refractivity contribution in [2.45, 2.75) is 51.8 Å². The molecule has 2 rings (SSSR count). The number of methoxy groups -OCH3 is 1. The standard InChI is InChI=1S/C17H24F2N2O2S/c1-11-5-3-4-6-13(11)21-17(24)20-10-12-7-8-14(23-16(18)19)15(9-12)22-2/h7-9,11,13,16H,3-6,10H2,1-2H3,(H2,20,21,24)/t11-,13-/m1/s1. The SMILES string of the molecule is COc1cc(CNC(=S)N[C@@H]2CCCC[C@H]2C)ccc1OC(F)F. The second kappa shape index (κ2) is 9.01. The van der Waals surface area contributed by atoms with Gasteiger partial charge in [-0.1, -0.05) is 25.8 Å². The van der Waals surface area contributed by atoms with E-state index < -0.39 is 6.61 Å². The Labute approximate surface area is 146 Å². The number of rotatable bonds is 6. The molecule has 0 aliphatic heterocycles. The van der Waals surface area contributed by atoms with Gasteiger partial charge in [-0.3, -0.25) is 0 Å². The van der Waals surface area contributed by atoms with Crippen LogP contribution in [0.3, 0.4) is 0 Å². The number of alkyl halides is 2. The minimum absolute atomic E-state index is 0.0213. The summed E-state index contributed by atoms with van der Waals surface area (Å²) in [5, 5.41) is 7.14. The number of halogens is 2. The minimum atomic E-state index is -2.88. The minimum Gasteiger partial charge on any atom is -0.493 e. The van der Waals surface area contributed by atoms with E-state index in [4.69, 9.17) is 17.0 Å². The second-order valence-corrected chi connectivity index (χ2v) is 6.47. The van der Waals surface area contributed by atoms with Crippen molar-refractivity contribution in [1.29, 1.82) is 0 Å². The van der Waals surface area contributed by atoms with Crippen LogP contribution in [0.15, 0.2) is 18.2 Å². The molecule has 7 heteroatoms. The van der Waals surface area contributed by atoms with E-state index in [1.165, 1.54) is 32.4 Å². The zero-order valence-corrected chi connectivity index (χ0v) is 14.8. The molecule has 0 radical (unpaired) electrons. The van der Waals surface area contributed by atoms with Gasteiger partial charge in [0.05, 0.1) is 7.11 Å². The van der Waals surface area contributed by atoms with Gasteiger partial charge in [0.1, 0.15) is 0 Å². The number of nitrogens with one attached hydrogen (secondary N) is 2.